The molecule has 0 aliphatic carbocycles. The third-order valence-corrected chi connectivity index (χ3v) is 3.63. The normalized spacial score (nSPS) is 10.0. The number of amides is 1. The monoisotopic (exact) mass is 353 g/mol. The number of terminal acetylenes is 1. The van der Waals surface area contributed by atoms with Gasteiger partial charge in [-0.1, -0.05) is 35.7 Å². The van der Waals surface area contributed by atoms with Crippen molar-refractivity contribution in [2.75, 3.05) is 6.54 Å². The van der Waals surface area contributed by atoms with Crippen molar-refractivity contribution in [2.45, 2.75) is 13.5 Å². The number of benzene rings is 2. The number of hydrogen-bond donors (Lipinski definition) is 0. The van der Waals surface area contributed by atoms with Gasteiger partial charge in [0.15, 0.2) is 0 Å². The first kappa shape index (κ1) is 18.6. The van der Waals surface area contributed by atoms with E-state index in [0.717, 1.165) is 29.3 Å². The molecule has 0 aliphatic heterocycles. The van der Waals surface area contributed by atoms with E-state index in [2.05, 4.69) is 5.92 Å². The van der Waals surface area contributed by atoms with Crippen molar-refractivity contribution >= 4 is 17.3 Å². The number of nitro benzene ring substituents is 2. The topological polar surface area (TPSA) is 107 Å². The predicted octanol–water partition coefficient (Wildman–Crippen LogP) is 3.09. The van der Waals surface area contributed by atoms with Gasteiger partial charge >= 0.3 is 0 Å². The van der Waals surface area contributed by atoms with Gasteiger partial charge in [0, 0.05) is 18.7 Å². The Bertz CT molecular complexity index is 868. The summed E-state index contributed by atoms with van der Waals surface area (Å²) < 4.78 is 0. The number of aryl methyl sites for hydroxylation is 1. The minimum absolute atomic E-state index is 0.0385. The molecule has 0 bridgehead atoms. The van der Waals surface area contributed by atoms with E-state index in [-0.39, 0.29) is 18.7 Å². The molecule has 26 heavy (non-hydrogen) atoms. The average Bonchev–Trinajstić information content (AvgIpc) is 2.62. The summed E-state index contributed by atoms with van der Waals surface area (Å²) in [6, 6.07) is 10.3. The van der Waals surface area contributed by atoms with E-state index in [9.17, 15) is 25.0 Å². The van der Waals surface area contributed by atoms with Gasteiger partial charge in [0.2, 0.25) is 0 Å². The Balaban J connectivity index is 2.39. The average molecular weight is 353 g/mol. The quantitative estimate of drug-likeness (QED) is 0.450. The van der Waals surface area contributed by atoms with Crippen molar-refractivity contribution in [2.24, 2.45) is 0 Å². The van der Waals surface area contributed by atoms with Crippen LogP contribution < -0.4 is 0 Å². The summed E-state index contributed by atoms with van der Waals surface area (Å²) in [5.41, 5.74) is 0.655. The molecule has 132 valence electrons. The highest BCUT2D eigenvalue weighted by Gasteiger charge is 2.23. The van der Waals surface area contributed by atoms with E-state index in [1.165, 1.54) is 4.90 Å². The first-order valence-corrected chi connectivity index (χ1v) is 7.54. The van der Waals surface area contributed by atoms with Crippen molar-refractivity contribution in [1.29, 1.82) is 0 Å². The van der Waals surface area contributed by atoms with Crippen LogP contribution in [0.4, 0.5) is 11.4 Å². The van der Waals surface area contributed by atoms with Gasteiger partial charge in [-0.05, 0) is 12.5 Å². The summed E-state index contributed by atoms with van der Waals surface area (Å²) in [7, 11) is 0. The number of carbonyl (C=O) groups excluding carboxylic acids is 1. The Labute approximate surface area is 149 Å². The van der Waals surface area contributed by atoms with Crippen molar-refractivity contribution in [1.82, 2.24) is 4.90 Å². The molecule has 8 nitrogen and oxygen atoms in total. The zero-order chi connectivity index (χ0) is 19.3. The molecule has 0 saturated carbocycles. The minimum atomic E-state index is -0.782. The maximum absolute atomic E-state index is 12.7. The molecular weight excluding hydrogens is 338 g/mol. The summed E-state index contributed by atoms with van der Waals surface area (Å²) >= 11 is 0. The first-order chi connectivity index (χ1) is 12.3. The molecule has 0 N–H and O–H groups in total. The van der Waals surface area contributed by atoms with Crippen LogP contribution in [0, 0.1) is 39.5 Å². The molecule has 0 aliphatic rings. The van der Waals surface area contributed by atoms with E-state index in [1.54, 1.807) is 0 Å². The summed E-state index contributed by atoms with van der Waals surface area (Å²) in [5.74, 6) is 1.75. The second kappa shape index (κ2) is 7.90. The highest BCUT2D eigenvalue weighted by atomic mass is 16.6. The number of carbonyl (C=O) groups is 1. The Hall–Kier alpha value is -3.73. The van der Waals surface area contributed by atoms with Crippen molar-refractivity contribution in [3.8, 4) is 12.3 Å². The van der Waals surface area contributed by atoms with Crippen LogP contribution in [-0.2, 0) is 6.54 Å². The summed E-state index contributed by atoms with van der Waals surface area (Å²) in [6.45, 7) is 2.07. The van der Waals surface area contributed by atoms with Gasteiger partial charge in [-0.15, -0.1) is 6.42 Å². The third kappa shape index (κ3) is 4.42. The molecule has 0 radical (unpaired) electrons. The van der Waals surface area contributed by atoms with Crippen molar-refractivity contribution in [3.63, 3.8) is 0 Å². The van der Waals surface area contributed by atoms with Crippen LogP contribution in [0.25, 0.3) is 0 Å². The highest BCUT2D eigenvalue weighted by Crippen LogP contribution is 2.24. The molecule has 0 aromatic heterocycles. The van der Waals surface area contributed by atoms with E-state index in [4.69, 9.17) is 6.42 Å². The van der Waals surface area contributed by atoms with Gasteiger partial charge < -0.3 is 4.90 Å². The van der Waals surface area contributed by atoms with Gasteiger partial charge in [0.1, 0.15) is 0 Å². The number of nitro groups is 2. The zero-order valence-corrected chi connectivity index (χ0v) is 13.9. The lowest BCUT2D eigenvalue weighted by atomic mass is 10.1. The Morgan fingerprint density at radius 1 is 1.08 bits per heavy atom. The number of non-ortho nitro benzene ring substituents is 2. The van der Waals surface area contributed by atoms with Gasteiger partial charge in [0.05, 0.1) is 28.0 Å². The molecule has 2 aromatic carbocycles. The molecule has 0 spiro atoms. The summed E-state index contributed by atoms with van der Waals surface area (Å²) in [4.78, 5) is 34.5. The Kier molecular flexibility index (Phi) is 5.65. The van der Waals surface area contributed by atoms with E-state index in [1.807, 2.05) is 31.2 Å². The largest absolute Gasteiger partial charge is 0.323 e. The fourth-order valence-corrected chi connectivity index (χ4v) is 2.34. The zero-order valence-electron chi connectivity index (χ0n) is 13.9. The molecule has 0 unspecified atom stereocenters. The highest BCUT2D eigenvalue weighted by molar-refractivity contribution is 5.95. The minimum Gasteiger partial charge on any atom is -0.323 e. The van der Waals surface area contributed by atoms with Crippen LogP contribution >= 0.6 is 0 Å². The van der Waals surface area contributed by atoms with Crippen molar-refractivity contribution < 1.29 is 14.6 Å². The fraction of sp³-hybridized carbons (Fsp3) is 0.167. The molecule has 1 amide bonds. The van der Waals surface area contributed by atoms with E-state index < -0.39 is 27.1 Å². The Morgan fingerprint density at radius 3 is 2.08 bits per heavy atom. The molecule has 2 rings (SSSR count). The smallest absolute Gasteiger partial charge is 0.277 e. The molecule has 2 aromatic rings. The maximum Gasteiger partial charge on any atom is 0.277 e. The molecule has 0 heterocycles. The van der Waals surface area contributed by atoms with Crippen LogP contribution in [0.5, 0.6) is 0 Å². The first-order valence-electron chi connectivity index (χ1n) is 7.54. The second-order valence-corrected chi connectivity index (χ2v) is 5.60. The SMILES string of the molecule is C#CCN(Cc1ccc(C)cc1)C(=O)c1cc([N+](=O)[O-])cc([N+](=O)[O-])c1. The van der Waals surface area contributed by atoms with E-state index in [0.29, 0.717) is 0 Å². The van der Waals surface area contributed by atoms with Gasteiger partial charge in [0.25, 0.3) is 17.3 Å². The molecule has 0 atom stereocenters. The summed E-state index contributed by atoms with van der Waals surface area (Å²) in [5, 5.41) is 22.0. The second-order valence-electron chi connectivity index (χ2n) is 5.60. The fourth-order valence-electron chi connectivity index (χ4n) is 2.34. The number of hydrogen-bond acceptors (Lipinski definition) is 5. The van der Waals surface area contributed by atoms with Crippen LogP contribution in [0.15, 0.2) is 42.5 Å². The lowest BCUT2D eigenvalue weighted by molar-refractivity contribution is -0.394. The van der Waals surface area contributed by atoms with Gasteiger partial charge in [-0.3, -0.25) is 25.0 Å². The summed E-state index contributed by atoms with van der Waals surface area (Å²) in [6.07, 6.45) is 5.32. The standard InChI is InChI=1S/C18H15N3O5/c1-3-8-19(12-14-6-4-13(2)5-7-14)18(22)15-9-16(20(23)24)11-17(10-15)21(25)26/h1,4-7,9-11H,8,12H2,2H3. The number of nitrogens with zero attached hydrogens (tertiary/aromatic N) is 3. The van der Waals surface area contributed by atoms with Crippen molar-refractivity contribution in [3.05, 3.63) is 79.4 Å². The third-order valence-electron chi connectivity index (χ3n) is 3.63. The van der Waals surface area contributed by atoms with Crippen LogP contribution in [0.3, 0.4) is 0 Å². The van der Waals surface area contributed by atoms with Crippen LogP contribution in [0.1, 0.15) is 21.5 Å². The van der Waals surface area contributed by atoms with Crippen LogP contribution in [0.2, 0.25) is 0 Å². The van der Waals surface area contributed by atoms with E-state index >= 15 is 0 Å². The molecule has 0 saturated heterocycles. The molecule has 8 heteroatoms. The lowest BCUT2D eigenvalue weighted by Gasteiger charge is -2.20. The molecular formula is C18H15N3O5. The van der Waals surface area contributed by atoms with Gasteiger partial charge in [-0.25, -0.2) is 0 Å². The predicted molar refractivity (Wildman–Crippen MR) is 94.5 cm³/mol. The maximum atomic E-state index is 12.7. The van der Waals surface area contributed by atoms with Crippen LogP contribution in [-0.4, -0.2) is 27.2 Å². The molecule has 0 fully saturated rings. The lowest BCUT2D eigenvalue weighted by Crippen LogP contribution is -2.31. The number of rotatable bonds is 6. The van der Waals surface area contributed by atoms with Gasteiger partial charge in [-0.2, -0.15) is 0 Å². The Morgan fingerprint density at radius 2 is 1.62 bits per heavy atom.